The molecule has 5 nitrogen and oxygen atoms in total. The first-order valence-corrected chi connectivity index (χ1v) is 4.56. The Balaban J connectivity index is 2.45. The summed E-state index contributed by atoms with van der Waals surface area (Å²) in [5.74, 6) is -0.144. The van der Waals surface area contributed by atoms with Crippen molar-refractivity contribution in [1.82, 2.24) is 15.1 Å². The Hall–Kier alpha value is -1.36. The molecule has 1 heterocycles. The first-order valence-electron chi connectivity index (χ1n) is 4.56. The van der Waals surface area contributed by atoms with Crippen molar-refractivity contribution in [3.63, 3.8) is 0 Å². The van der Waals surface area contributed by atoms with Crippen LogP contribution in [-0.4, -0.2) is 33.4 Å². The van der Waals surface area contributed by atoms with E-state index < -0.39 is 6.10 Å². The molecule has 1 amide bonds. The molecule has 1 aromatic heterocycles. The summed E-state index contributed by atoms with van der Waals surface area (Å²) in [6, 6.07) is 1.42. The molecule has 1 rings (SSSR count). The van der Waals surface area contributed by atoms with E-state index in [0.29, 0.717) is 0 Å². The minimum absolute atomic E-state index is 0.144. The highest BCUT2D eigenvalue weighted by Crippen LogP contribution is 2.02. The first kappa shape index (κ1) is 10.7. The number of aliphatic hydroxyl groups excluding tert-OH is 1. The van der Waals surface area contributed by atoms with Crippen LogP contribution in [0.2, 0.25) is 0 Å². The molecule has 14 heavy (non-hydrogen) atoms. The fraction of sp³-hybridized carbons (Fsp3) is 0.556. The van der Waals surface area contributed by atoms with E-state index in [4.69, 9.17) is 5.11 Å². The summed E-state index contributed by atoms with van der Waals surface area (Å²) in [5, 5.41) is 15.6. The predicted molar refractivity (Wildman–Crippen MR) is 51.6 cm³/mol. The molecule has 0 aliphatic carbocycles. The molecule has 0 saturated heterocycles. The molecule has 78 valence electrons. The molecular formula is C9H15N3O2. The van der Waals surface area contributed by atoms with E-state index in [-0.39, 0.29) is 18.5 Å². The zero-order valence-corrected chi connectivity index (χ0v) is 8.34. The van der Waals surface area contributed by atoms with Crippen LogP contribution >= 0.6 is 0 Å². The maximum atomic E-state index is 11.5. The summed E-state index contributed by atoms with van der Waals surface area (Å²) in [6.07, 6.45) is 2.83. The van der Waals surface area contributed by atoms with Gasteiger partial charge in [0.15, 0.2) is 0 Å². The molecule has 0 aromatic carbocycles. The highest BCUT2D eigenvalue weighted by molar-refractivity contribution is 5.79. The van der Waals surface area contributed by atoms with Gasteiger partial charge in [0.05, 0.1) is 6.10 Å². The Morgan fingerprint density at radius 3 is 2.86 bits per heavy atom. The Morgan fingerprint density at radius 1 is 1.64 bits per heavy atom. The lowest BCUT2D eigenvalue weighted by Gasteiger charge is -2.13. The minimum Gasteiger partial charge on any atom is -0.392 e. The third kappa shape index (κ3) is 2.85. The molecule has 0 spiro atoms. The Labute approximate surface area is 82.7 Å². The Morgan fingerprint density at radius 2 is 2.36 bits per heavy atom. The van der Waals surface area contributed by atoms with Gasteiger partial charge in [-0.3, -0.25) is 9.48 Å². The summed E-state index contributed by atoms with van der Waals surface area (Å²) in [6.45, 7) is 3.65. The van der Waals surface area contributed by atoms with Crippen LogP contribution in [0, 0.1) is 0 Å². The van der Waals surface area contributed by atoms with Crippen molar-refractivity contribution in [3.8, 4) is 0 Å². The van der Waals surface area contributed by atoms with E-state index in [2.05, 4.69) is 10.4 Å². The van der Waals surface area contributed by atoms with Gasteiger partial charge in [-0.2, -0.15) is 5.10 Å². The number of rotatable bonds is 4. The van der Waals surface area contributed by atoms with Gasteiger partial charge in [0.1, 0.15) is 6.04 Å². The van der Waals surface area contributed by atoms with Crippen LogP contribution in [0.1, 0.15) is 19.9 Å². The molecule has 0 aliphatic rings. The highest BCUT2D eigenvalue weighted by atomic mass is 16.3. The molecule has 0 fully saturated rings. The lowest BCUT2D eigenvalue weighted by atomic mass is 10.3. The van der Waals surface area contributed by atoms with Crippen molar-refractivity contribution in [2.75, 3.05) is 6.54 Å². The quantitative estimate of drug-likeness (QED) is 0.710. The lowest BCUT2D eigenvalue weighted by molar-refractivity contribution is -0.124. The molecule has 0 bridgehead atoms. The number of hydrogen-bond donors (Lipinski definition) is 2. The standard InChI is InChI=1S/C9H15N3O2/c1-7(13)6-10-9(14)8(2)12-5-3-4-11-12/h3-5,7-8,13H,6H2,1-2H3,(H,10,14)/t7-,8?/m1/s1. The number of amides is 1. The number of carbonyl (C=O) groups excluding carboxylic acids is 1. The Kier molecular flexibility index (Phi) is 3.64. The van der Waals surface area contributed by atoms with Crippen LogP contribution in [0.25, 0.3) is 0 Å². The van der Waals surface area contributed by atoms with Crippen molar-refractivity contribution >= 4 is 5.91 Å². The third-order valence-corrected chi connectivity index (χ3v) is 1.87. The molecule has 2 atom stereocenters. The van der Waals surface area contributed by atoms with Crippen LogP contribution in [0.4, 0.5) is 0 Å². The van der Waals surface area contributed by atoms with Gasteiger partial charge < -0.3 is 10.4 Å². The van der Waals surface area contributed by atoms with E-state index >= 15 is 0 Å². The fourth-order valence-electron chi connectivity index (χ4n) is 1.03. The van der Waals surface area contributed by atoms with Crippen LogP contribution in [0.5, 0.6) is 0 Å². The molecule has 1 aromatic rings. The zero-order valence-electron chi connectivity index (χ0n) is 8.34. The maximum absolute atomic E-state index is 11.5. The number of aromatic nitrogens is 2. The topological polar surface area (TPSA) is 67.2 Å². The smallest absolute Gasteiger partial charge is 0.244 e. The van der Waals surface area contributed by atoms with Crippen molar-refractivity contribution in [2.24, 2.45) is 0 Å². The summed E-state index contributed by atoms with van der Waals surface area (Å²) in [4.78, 5) is 11.5. The molecule has 0 saturated carbocycles. The summed E-state index contributed by atoms with van der Waals surface area (Å²) >= 11 is 0. The molecule has 2 N–H and O–H groups in total. The molecular weight excluding hydrogens is 182 g/mol. The average molecular weight is 197 g/mol. The van der Waals surface area contributed by atoms with Gasteiger partial charge in [0.25, 0.3) is 0 Å². The number of hydrogen-bond acceptors (Lipinski definition) is 3. The number of nitrogens with zero attached hydrogens (tertiary/aromatic N) is 2. The summed E-state index contributed by atoms with van der Waals surface area (Å²) in [5.41, 5.74) is 0. The van der Waals surface area contributed by atoms with E-state index in [9.17, 15) is 4.79 Å². The second kappa shape index (κ2) is 4.76. The second-order valence-electron chi connectivity index (χ2n) is 3.26. The highest BCUT2D eigenvalue weighted by Gasteiger charge is 2.14. The molecule has 0 aliphatic heterocycles. The van der Waals surface area contributed by atoms with Gasteiger partial charge in [-0.25, -0.2) is 0 Å². The zero-order chi connectivity index (χ0) is 10.6. The van der Waals surface area contributed by atoms with Gasteiger partial charge in [0, 0.05) is 18.9 Å². The molecule has 5 heteroatoms. The van der Waals surface area contributed by atoms with Gasteiger partial charge in [-0.1, -0.05) is 0 Å². The summed E-state index contributed by atoms with van der Waals surface area (Å²) in [7, 11) is 0. The number of nitrogens with one attached hydrogen (secondary N) is 1. The van der Waals surface area contributed by atoms with Crippen molar-refractivity contribution in [3.05, 3.63) is 18.5 Å². The number of aliphatic hydroxyl groups is 1. The van der Waals surface area contributed by atoms with Crippen LogP contribution in [-0.2, 0) is 4.79 Å². The van der Waals surface area contributed by atoms with Crippen molar-refractivity contribution < 1.29 is 9.90 Å². The van der Waals surface area contributed by atoms with Gasteiger partial charge >= 0.3 is 0 Å². The third-order valence-electron chi connectivity index (χ3n) is 1.87. The largest absolute Gasteiger partial charge is 0.392 e. The average Bonchev–Trinajstić information content (AvgIpc) is 2.65. The van der Waals surface area contributed by atoms with Crippen LogP contribution in [0.15, 0.2) is 18.5 Å². The number of carbonyl (C=O) groups is 1. The minimum atomic E-state index is -0.524. The van der Waals surface area contributed by atoms with Crippen molar-refractivity contribution in [1.29, 1.82) is 0 Å². The SMILES string of the molecule is CC(C(=O)NC[C@@H](C)O)n1cccn1. The molecule has 0 radical (unpaired) electrons. The maximum Gasteiger partial charge on any atom is 0.244 e. The summed E-state index contributed by atoms with van der Waals surface area (Å²) < 4.78 is 1.57. The first-order chi connectivity index (χ1) is 6.61. The van der Waals surface area contributed by atoms with Gasteiger partial charge in [-0.15, -0.1) is 0 Å². The Bertz CT molecular complexity index is 282. The van der Waals surface area contributed by atoms with Crippen molar-refractivity contribution in [2.45, 2.75) is 26.0 Å². The molecule has 1 unspecified atom stereocenters. The predicted octanol–water partition coefficient (Wildman–Crippen LogP) is -0.0589. The lowest BCUT2D eigenvalue weighted by Crippen LogP contribution is -2.35. The second-order valence-corrected chi connectivity index (χ2v) is 3.26. The van der Waals surface area contributed by atoms with Gasteiger partial charge in [-0.05, 0) is 19.9 Å². The van der Waals surface area contributed by atoms with E-state index in [0.717, 1.165) is 0 Å². The van der Waals surface area contributed by atoms with Crippen LogP contribution < -0.4 is 5.32 Å². The van der Waals surface area contributed by atoms with Crippen LogP contribution in [0.3, 0.4) is 0 Å². The normalized spacial score (nSPS) is 14.8. The van der Waals surface area contributed by atoms with Gasteiger partial charge in [0.2, 0.25) is 5.91 Å². The van der Waals surface area contributed by atoms with E-state index in [1.54, 1.807) is 37.0 Å². The fourth-order valence-corrected chi connectivity index (χ4v) is 1.03. The van der Waals surface area contributed by atoms with E-state index in [1.807, 2.05) is 0 Å². The monoisotopic (exact) mass is 197 g/mol. The van der Waals surface area contributed by atoms with E-state index in [1.165, 1.54) is 0 Å².